The number of carbonyl (C=O) groups is 1. The summed E-state index contributed by atoms with van der Waals surface area (Å²) in [6, 6.07) is 29.6. The van der Waals surface area contributed by atoms with Crippen molar-refractivity contribution in [3.8, 4) is 11.5 Å². The molecule has 1 atom stereocenters. The van der Waals surface area contributed by atoms with Crippen LogP contribution in [0.2, 0.25) is 5.02 Å². The van der Waals surface area contributed by atoms with Crippen LogP contribution in [0.4, 0.5) is 0 Å². The van der Waals surface area contributed by atoms with E-state index < -0.39 is 12.0 Å². The Labute approximate surface area is 293 Å². The Morgan fingerprint density at radius 3 is 2.35 bits per heavy atom. The Morgan fingerprint density at radius 1 is 0.959 bits per heavy atom. The van der Waals surface area contributed by atoms with Crippen molar-refractivity contribution in [1.29, 1.82) is 0 Å². The number of esters is 1. The maximum atomic E-state index is 14.4. The normalized spacial score (nSPS) is 14.2. The molecule has 0 radical (unpaired) electrons. The monoisotopic (exact) mass is 690 g/mol. The van der Waals surface area contributed by atoms with E-state index in [1.54, 1.807) is 17.6 Å². The zero-order valence-electron chi connectivity index (χ0n) is 27.2. The van der Waals surface area contributed by atoms with E-state index in [0.717, 1.165) is 27.8 Å². The average molecular weight is 691 g/mol. The molecule has 0 spiro atoms. The molecule has 1 aromatic heterocycles. The third kappa shape index (κ3) is 7.31. The highest BCUT2D eigenvalue weighted by Gasteiger charge is 2.35. The summed E-state index contributed by atoms with van der Waals surface area (Å²) in [6.07, 6.45) is 4.16. The van der Waals surface area contributed by atoms with Crippen LogP contribution in [0.1, 0.15) is 47.7 Å². The Bertz CT molecular complexity index is 2190. The van der Waals surface area contributed by atoms with Gasteiger partial charge in [-0.05, 0) is 67.3 Å². The van der Waals surface area contributed by atoms with Crippen molar-refractivity contribution in [2.24, 2.45) is 4.99 Å². The number of thiazole rings is 1. The standard InChI is InChI=1S/C40H35ClN2O5S/c1-4-13-30-22-27(23-32(46-5-2)37(30)48-25-26-18-20-31(41)21-19-26)24-33-38(44)43-36(29-16-11-8-12-17-29)34(39(45)47-6-3)35(42-40(43)49-33)28-14-9-7-10-15-28/h4,7-12,14-24,36H,1,5-6,13,25H2,2-3H3/b33-24+/t36-/m1/s1. The third-order valence-electron chi connectivity index (χ3n) is 7.90. The second-order valence-electron chi connectivity index (χ2n) is 11.2. The predicted octanol–water partition coefficient (Wildman–Crippen LogP) is 7.30. The summed E-state index contributed by atoms with van der Waals surface area (Å²) in [5.74, 6) is 0.664. The summed E-state index contributed by atoms with van der Waals surface area (Å²) in [6.45, 7) is 8.56. The molecule has 0 unspecified atom stereocenters. The van der Waals surface area contributed by atoms with E-state index in [4.69, 9.17) is 30.8 Å². The van der Waals surface area contributed by atoms with Crippen LogP contribution < -0.4 is 24.4 Å². The number of fused-ring (bicyclic) bond motifs is 1. The summed E-state index contributed by atoms with van der Waals surface area (Å²) in [7, 11) is 0. The van der Waals surface area contributed by atoms with Crippen molar-refractivity contribution in [2.45, 2.75) is 32.9 Å². The van der Waals surface area contributed by atoms with E-state index in [9.17, 15) is 9.59 Å². The van der Waals surface area contributed by atoms with Crippen LogP contribution in [-0.4, -0.2) is 23.8 Å². The van der Waals surface area contributed by atoms with Crippen LogP contribution >= 0.6 is 22.9 Å². The van der Waals surface area contributed by atoms with Crippen LogP contribution in [-0.2, 0) is 22.6 Å². The van der Waals surface area contributed by atoms with Crippen LogP contribution in [0.25, 0.3) is 11.8 Å². The molecule has 0 saturated carbocycles. The molecule has 9 heteroatoms. The highest BCUT2D eigenvalue weighted by Crippen LogP contribution is 2.36. The molecule has 0 amide bonds. The van der Waals surface area contributed by atoms with Crippen molar-refractivity contribution >= 4 is 40.7 Å². The topological polar surface area (TPSA) is 79.1 Å². The molecule has 0 aliphatic carbocycles. The van der Waals surface area contributed by atoms with Gasteiger partial charge in [0.2, 0.25) is 0 Å². The first-order valence-electron chi connectivity index (χ1n) is 16.0. The lowest BCUT2D eigenvalue weighted by atomic mass is 9.93. The third-order valence-corrected chi connectivity index (χ3v) is 9.14. The maximum absolute atomic E-state index is 14.4. The van der Waals surface area contributed by atoms with Crippen molar-refractivity contribution in [3.63, 3.8) is 0 Å². The summed E-state index contributed by atoms with van der Waals surface area (Å²) < 4.78 is 20.0. The van der Waals surface area contributed by atoms with Gasteiger partial charge in [0.1, 0.15) is 6.61 Å². The van der Waals surface area contributed by atoms with Crippen molar-refractivity contribution < 1.29 is 19.0 Å². The van der Waals surface area contributed by atoms with Crippen LogP contribution in [0, 0.1) is 0 Å². The Kier molecular flexibility index (Phi) is 10.6. The molecule has 5 aromatic rings. The van der Waals surface area contributed by atoms with Gasteiger partial charge in [-0.1, -0.05) is 102 Å². The Hall–Kier alpha value is -5.18. The largest absolute Gasteiger partial charge is 0.490 e. The molecule has 0 N–H and O–H groups in total. The zero-order chi connectivity index (χ0) is 34.3. The number of carbonyl (C=O) groups excluding carboxylic acids is 1. The molecular weight excluding hydrogens is 656 g/mol. The SMILES string of the molecule is C=CCc1cc(/C=c2/sc3n(c2=O)[C@H](c2ccccc2)C(C(=O)OCC)=C(c2ccccc2)N=3)cc(OCC)c1OCc1ccc(Cl)cc1. The van der Waals surface area contributed by atoms with Gasteiger partial charge < -0.3 is 14.2 Å². The first-order chi connectivity index (χ1) is 23.9. The highest BCUT2D eigenvalue weighted by atomic mass is 35.5. The van der Waals surface area contributed by atoms with Gasteiger partial charge in [-0.15, -0.1) is 6.58 Å². The van der Waals surface area contributed by atoms with Crippen LogP contribution in [0.15, 0.2) is 125 Å². The van der Waals surface area contributed by atoms with Crippen molar-refractivity contribution in [2.75, 3.05) is 13.2 Å². The van der Waals surface area contributed by atoms with Gasteiger partial charge in [-0.2, -0.15) is 0 Å². The molecule has 0 fully saturated rings. The summed E-state index contributed by atoms with van der Waals surface area (Å²) in [4.78, 5) is 33.5. The molecule has 6 rings (SSSR count). The van der Waals surface area contributed by atoms with E-state index in [2.05, 4.69) is 6.58 Å². The van der Waals surface area contributed by atoms with Crippen molar-refractivity contribution in [1.82, 2.24) is 4.57 Å². The first-order valence-corrected chi connectivity index (χ1v) is 17.2. The molecule has 1 aliphatic heterocycles. The van der Waals surface area contributed by atoms with Crippen molar-refractivity contribution in [3.05, 3.63) is 168 Å². The van der Waals surface area contributed by atoms with E-state index >= 15 is 0 Å². The number of nitrogens with zero attached hydrogens (tertiary/aromatic N) is 2. The Morgan fingerprint density at radius 2 is 1.67 bits per heavy atom. The molecule has 0 bridgehead atoms. The fourth-order valence-corrected chi connectivity index (χ4v) is 6.91. The number of rotatable bonds is 12. The van der Waals surface area contributed by atoms with Gasteiger partial charge in [0.15, 0.2) is 16.3 Å². The van der Waals surface area contributed by atoms with E-state index in [1.165, 1.54) is 11.3 Å². The average Bonchev–Trinajstić information content (AvgIpc) is 3.42. The number of benzene rings is 4. The smallest absolute Gasteiger partial charge is 0.338 e. The summed E-state index contributed by atoms with van der Waals surface area (Å²) in [5, 5.41) is 0.657. The number of allylic oxidation sites excluding steroid dienone is 1. The van der Waals surface area contributed by atoms with Gasteiger partial charge in [0.25, 0.3) is 5.56 Å². The second-order valence-corrected chi connectivity index (χ2v) is 12.6. The summed E-state index contributed by atoms with van der Waals surface area (Å²) >= 11 is 7.34. The molecular formula is C40H35ClN2O5S. The minimum absolute atomic E-state index is 0.185. The number of hydrogen-bond donors (Lipinski definition) is 0. The fraction of sp³-hybridized carbons (Fsp3) is 0.175. The lowest BCUT2D eigenvalue weighted by Crippen LogP contribution is -2.40. The highest BCUT2D eigenvalue weighted by molar-refractivity contribution is 7.07. The van der Waals surface area contributed by atoms with Gasteiger partial charge in [0, 0.05) is 16.1 Å². The number of ether oxygens (including phenoxy) is 3. The first kappa shape index (κ1) is 33.7. The number of hydrogen-bond acceptors (Lipinski definition) is 7. The molecule has 7 nitrogen and oxygen atoms in total. The summed E-state index contributed by atoms with van der Waals surface area (Å²) in [5.41, 5.74) is 4.65. The van der Waals surface area contributed by atoms with Crippen LogP contribution in [0.5, 0.6) is 11.5 Å². The molecule has 0 saturated heterocycles. The lowest BCUT2D eigenvalue weighted by Gasteiger charge is -2.25. The quantitative estimate of drug-likeness (QED) is 0.101. The Balaban J connectivity index is 1.51. The van der Waals surface area contributed by atoms with Crippen LogP contribution in [0.3, 0.4) is 0 Å². The van der Waals surface area contributed by atoms with E-state index in [-0.39, 0.29) is 12.2 Å². The van der Waals surface area contributed by atoms with Gasteiger partial charge >= 0.3 is 5.97 Å². The van der Waals surface area contributed by atoms with E-state index in [0.29, 0.717) is 56.8 Å². The zero-order valence-corrected chi connectivity index (χ0v) is 28.8. The molecule has 2 heterocycles. The van der Waals surface area contributed by atoms with Gasteiger partial charge in [-0.25, -0.2) is 9.79 Å². The van der Waals surface area contributed by atoms with Gasteiger partial charge in [-0.3, -0.25) is 9.36 Å². The fourth-order valence-electron chi connectivity index (χ4n) is 5.78. The minimum Gasteiger partial charge on any atom is -0.490 e. The number of aromatic nitrogens is 1. The van der Waals surface area contributed by atoms with E-state index in [1.807, 2.05) is 110 Å². The second kappa shape index (κ2) is 15.4. The lowest BCUT2D eigenvalue weighted by molar-refractivity contribution is -0.138. The molecule has 4 aromatic carbocycles. The predicted molar refractivity (Wildman–Crippen MR) is 195 cm³/mol. The van der Waals surface area contributed by atoms with Gasteiger partial charge in [0.05, 0.1) is 35.1 Å². The molecule has 49 heavy (non-hydrogen) atoms. The molecule has 1 aliphatic rings. The minimum atomic E-state index is -0.743. The molecule has 248 valence electrons. The maximum Gasteiger partial charge on any atom is 0.338 e. The number of halogens is 1.